The van der Waals surface area contributed by atoms with E-state index in [-0.39, 0.29) is 22.8 Å². The van der Waals surface area contributed by atoms with Gasteiger partial charge in [-0.15, -0.1) is 11.3 Å². The number of nitro groups is 1. The Labute approximate surface area is 161 Å². The van der Waals surface area contributed by atoms with Gasteiger partial charge in [0, 0.05) is 22.1 Å². The van der Waals surface area contributed by atoms with Crippen LogP contribution >= 0.6 is 34.3 Å². The Kier molecular flexibility index (Phi) is 5.38. The van der Waals surface area contributed by atoms with Crippen LogP contribution in [0.2, 0.25) is 5.02 Å². The van der Waals surface area contributed by atoms with Crippen molar-refractivity contribution in [3.8, 4) is 0 Å². The number of carbonyl (C=O) groups excluding carboxylic acids is 1. The Morgan fingerprint density at radius 1 is 1.31 bits per heavy atom. The molecule has 6 nitrogen and oxygen atoms in total. The normalized spacial score (nSPS) is 13.2. The first-order valence-electron chi connectivity index (χ1n) is 7.43. The van der Waals surface area contributed by atoms with Gasteiger partial charge in [0.2, 0.25) is 0 Å². The number of nitro benzene ring substituents is 1. The zero-order valence-electron chi connectivity index (χ0n) is 13.2. The summed E-state index contributed by atoms with van der Waals surface area (Å²) < 4.78 is 0. The Bertz CT molecular complexity index is 892. The van der Waals surface area contributed by atoms with Gasteiger partial charge < -0.3 is 10.4 Å². The molecule has 0 aliphatic heterocycles. The number of nitrogens with one attached hydrogen (secondary N) is 1. The first kappa shape index (κ1) is 18.5. The predicted octanol–water partition coefficient (Wildman–Crippen LogP) is 4.04. The summed E-state index contributed by atoms with van der Waals surface area (Å²) in [4.78, 5) is 23.5. The third kappa shape index (κ3) is 3.63. The van der Waals surface area contributed by atoms with Crippen molar-refractivity contribution in [3.05, 3.63) is 83.7 Å². The molecule has 1 aromatic carbocycles. The van der Waals surface area contributed by atoms with Crippen LogP contribution in [0.1, 0.15) is 20.8 Å². The maximum Gasteiger partial charge on any atom is 0.288 e. The van der Waals surface area contributed by atoms with Crippen LogP contribution in [0.4, 0.5) is 5.69 Å². The van der Waals surface area contributed by atoms with Crippen molar-refractivity contribution in [2.45, 2.75) is 5.60 Å². The molecule has 2 heterocycles. The van der Waals surface area contributed by atoms with Crippen molar-refractivity contribution in [2.75, 3.05) is 6.54 Å². The molecular formula is C17H13ClN2O4S2. The molecule has 9 heteroatoms. The molecule has 0 aliphatic rings. The van der Waals surface area contributed by atoms with E-state index >= 15 is 0 Å². The summed E-state index contributed by atoms with van der Waals surface area (Å²) in [6, 6.07) is 9.23. The number of thiophene rings is 2. The molecule has 0 saturated carbocycles. The minimum atomic E-state index is -1.37. The van der Waals surface area contributed by atoms with Crippen molar-refractivity contribution >= 4 is 45.9 Å². The number of rotatable bonds is 6. The molecule has 1 atom stereocenters. The molecule has 0 spiro atoms. The van der Waals surface area contributed by atoms with E-state index in [1.54, 1.807) is 12.1 Å². The van der Waals surface area contributed by atoms with Crippen LogP contribution < -0.4 is 5.32 Å². The highest BCUT2D eigenvalue weighted by Crippen LogP contribution is 2.33. The summed E-state index contributed by atoms with van der Waals surface area (Å²) in [5.74, 6) is -0.532. The number of carbonyl (C=O) groups is 1. The number of halogens is 1. The fourth-order valence-electron chi connectivity index (χ4n) is 2.45. The molecular weight excluding hydrogens is 396 g/mol. The molecule has 0 saturated heterocycles. The van der Waals surface area contributed by atoms with Crippen LogP contribution in [-0.2, 0) is 5.60 Å². The Morgan fingerprint density at radius 3 is 2.73 bits per heavy atom. The molecule has 3 aromatic rings. The highest BCUT2D eigenvalue weighted by molar-refractivity contribution is 7.10. The molecule has 0 fully saturated rings. The van der Waals surface area contributed by atoms with Gasteiger partial charge >= 0.3 is 0 Å². The zero-order chi connectivity index (χ0) is 18.7. The van der Waals surface area contributed by atoms with E-state index in [0.717, 1.165) is 6.07 Å². The van der Waals surface area contributed by atoms with Gasteiger partial charge in [-0.05, 0) is 40.4 Å². The average Bonchev–Trinajstić information content (AvgIpc) is 3.33. The highest BCUT2D eigenvalue weighted by atomic mass is 35.5. The predicted molar refractivity (Wildman–Crippen MR) is 102 cm³/mol. The molecule has 2 N–H and O–H groups in total. The Balaban J connectivity index is 1.83. The van der Waals surface area contributed by atoms with Crippen molar-refractivity contribution < 1.29 is 14.8 Å². The van der Waals surface area contributed by atoms with Gasteiger partial charge in [-0.1, -0.05) is 17.7 Å². The first-order chi connectivity index (χ1) is 12.4. The maximum atomic E-state index is 12.4. The fourth-order valence-corrected chi connectivity index (χ4v) is 4.21. The van der Waals surface area contributed by atoms with Gasteiger partial charge in [-0.3, -0.25) is 14.9 Å². The molecule has 26 heavy (non-hydrogen) atoms. The van der Waals surface area contributed by atoms with E-state index in [9.17, 15) is 20.0 Å². The van der Waals surface area contributed by atoms with Gasteiger partial charge in [0.05, 0.1) is 11.5 Å². The quantitative estimate of drug-likeness (QED) is 0.475. The summed E-state index contributed by atoms with van der Waals surface area (Å²) in [5, 5.41) is 30.3. The SMILES string of the molecule is O=C(NCC(O)(c1ccsc1)c1cccs1)c1ccc(Cl)c([N+](=O)[O-])c1. The lowest BCUT2D eigenvalue weighted by atomic mass is 9.94. The summed E-state index contributed by atoms with van der Waals surface area (Å²) in [6.07, 6.45) is 0. The third-order valence-corrected chi connectivity index (χ3v) is 5.86. The molecule has 134 valence electrons. The molecule has 0 radical (unpaired) electrons. The lowest BCUT2D eigenvalue weighted by Gasteiger charge is -2.27. The van der Waals surface area contributed by atoms with Crippen LogP contribution in [0.15, 0.2) is 52.5 Å². The van der Waals surface area contributed by atoms with Crippen molar-refractivity contribution in [2.24, 2.45) is 0 Å². The van der Waals surface area contributed by atoms with E-state index < -0.39 is 16.4 Å². The second kappa shape index (κ2) is 7.55. The highest BCUT2D eigenvalue weighted by Gasteiger charge is 2.33. The minimum absolute atomic E-state index is 0.0417. The largest absolute Gasteiger partial charge is 0.378 e. The number of hydrogen-bond acceptors (Lipinski definition) is 6. The van der Waals surface area contributed by atoms with Gasteiger partial charge in [0.1, 0.15) is 10.6 Å². The monoisotopic (exact) mass is 408 g/mol. The van der Waals surface area contributed by atoms with E-state index in [4.69, 9.17) is 11.6 Å². The lowest BCUT2D eigenvalue weighted by Crippen LogP contribution is -2.41. The number of hydrogen-bond donors (Lipinski definition) is 2. The third-order valence-electron chi connectivity index (χ3n) is 3.84. The number of amides is 1. The van der Waals surface area contributed by atoms with Crippen LogP contribution in [-0.4, -0.2) is 22.5 Å². The molecule has 0 aliphatic carbocycles. The van der Waals surface area contributed by atoms with Crippen molar-refractivity contribution in [1.82, 2.24) is 5.32 Å². The lowest BCUT2D eigenvalue weighted by molar-refractivity contribution is -0.384. The second-order valence-corrected chi connectivity index (χ2v) is 7.59. The van der Waals surface area contributed by atoms with E-state index in [1.807, 2.05) is 22.2 Å². The average molecular weight is 409 g/mol. The van der Waals surface area contributed by atoms with Gasteiger partial charge in [0.15, 0.2) is 0 Å². The van der Waals surface area contributed by atoms with Crippen molar-refractivity contribution in [3.63, 3.8) is 0 Å². The molecule has 0 bridgehead atoms. The van der Waals surface area contributed by atoms with Gasteiger partial charge in [0.25, 0.3) is 11.6 Å². The van der Waals surface area contributed by atoms with Crippen molar-refractivity contribution in [1.29, 1.82) is 0 Å². The molecule has 2 aromatic heterocycles. The zero-order valence-corrected chi connectivity index (χ0v) is 15.6. The van der Waals surface area contributed by atoms with E-state index in [1.165, 1.54) is 34.8 Å². The number of benzene rings is 1. The van der Waals surface area contributed by atoms with Crippen LogP contribution in [0, 0.1) is 10.1 Å². The van der Waals surface area contributed by atoms with Crippen LogP contribution in [0.25, 0.3) is 0 Å². The second-order valence-electron chi connectivity index (χ2n) is 5.46. The van der Waals surface area contributed by atoms with Crippen LogP contribution in [0.3, 0.4) is 0 Å². The topological polar surface area (TPSA) is 92.5 Å². The first-order valence-corrected chi connectivity index (χ1v) is 9.63. The Hall–Kier alpha value is -2.26. The summed E-state index contributed by atoms with van der Waals surface area (Å²) in [5.41, 5.74) is -0.944. The summed E-state index contributed by atoms with van der Waals surface area (Å²) in [7, 11) is 0. The standard InChI is InChI=1S/C17H13ClN2O4S2/c18-13-4-3-11(8-14(13)20(23)24)16(21)19-10-17(22,12-5-7-25-9-12)15-2-1-6-26-15/h1-9,22H,10H2,(H,19,21). The number of aliphatic hydroxyl groups is 1. The molecule has 1 unspecified atom stereocenters. The van der Waals surface area contributed by atoms with E-state index in [0.29, 0.717) is 10.4 Å². The maximum absolute atomic E-state index is 12.4. The summed E-state index contributed by atoms with van der Waals surface area (Å²) in [6.45, 7) is -0.0699. The van der Waals surface area contributed by atoms with E-state index in [2.05, 4.69) is 5.32 Å². The number of nitrogens with zero attached hydrogens (tertiary/aromatic N) is 1. The minimum Gasteiger partial charge on any atom is -0.378 e. The molecule has 1 amide bonds. The summed E-state index contributed by atoms with van der Waals surface area (Å²) >= 11 is 8.59. The smallest absolute Gasteiger partial charge is 0.288 e. The fraction of sp³-hybridized carbons (Fsp3) is 0.118. The van der Waals surface area contributed by atoms with Gasteiger partial charge in [-0.2, -0.15) is 11.3 Å². The van der Waals surface area contributed by atoms with Gasteiger partial charge in [-0.25, -0.2) is 0 Å². The Morgan fingerprint density at radius 2 is 2.12 bits per heavy atom. The molecule has 3 rings (SSSR count). The van der Waals surface area contributed by atoms with Crippen LogP contribution in [0.5, 0.6) is 0 Å².